The van der Waals surface area contributed by atoms with Crippen molar-refractivity contribution in [3.05, 3.63) is 16.2 Å². The summed E-state index contributed by atoms with van der Waals surface area (Å²) in [6.45, 7) is 1.53. The third-order valence-corrected chi connectivity index (χ3v) is 4.36. The molecule has 1 saturated heterocycles. The molecule has 1 fully saturated rings. The second kappa shape index (κ2) is 5.82. The summed E-state index contributed by atoms with van der Waals surface area (Å²) in [5.41, 5.74) is 5.41. The number of nitrogens with one attached hydrogen (secondary N) is 1. The van der Waals surface area contributed by atoms with Gasteiger partial charge in [0.2, 0.25) is 11.8 Å². The number of hydrogen-bond donors (Lipinski definition) is 2. The van der Waals surface area contributed by atoms with Crippen LogP contribution in [-0.2, 0) is 9.59 Å². The SMILES string of the molecule is [B]c1c([B])c(N)c2c(=O)n(C3CC([B])C(=O)NC3=O)c(C)nc2c1[B]. The van der Waals surface area contributed by atoms with Crippen molar-refractivity contribution in [1.82, 2.24) is 14.9 Å². The smallest absolute Gasteiger partial charge is 0.264 e. The summed E-state index contributed by atoms with van der Waals surface area (Å²) in [5.74, 6) is -1.97. The first-order valence-electron chi connectivity index (χ1n) is 7.40. The molecule has 0 bridgehead atoms. The third-order valence-electron chi connectivity index (χ3n) is 4.36. The predicted molar refractivity (Wildman–Crippen MR) is 97.6 cm³/mol. The molecule has 3 rings (SSSR count). The molecular weight excluding hydrogens is 315 g/mol. The van der Waals surface area contributed by atoms with Crippen molar-refractivity contribution in [1.29, 1.82) is 0 Å². The molecule has 2 aromatic rings. The molecule has 8 radical (unpaired) electrons. The minimum atomic E-state index is -1.00. The van der Waals surface area contributed by atoms with Gasteiger partial charge in [0.15, 0.2) is 0 Å². The zero-order valence-electron chi connectivity index (χ0n) is 13.4. The number of nitrogens with two attached hydrogens (primary N) is 1. The van der Waals surface area contributed by atoms with Crippen molar-refractivity contribution < 1.29 is 9.59 Å². The zero-order valence-corrected chi connectivity index (χ0v) is 13.4. The van der Waals surface area contributed by atoms with E-state index >= 15 is 0 Å². The summed E-state index contributed by atoms with van der Waals surface area (Å²) in [7, 11) is 23.2. The summed E-state index contributed by atoms with van der Waals surface area (Å²) >= 11 is 0. The maximum atomic E-state index is 13.0. The van der Waals surface area contributed by atoms with Crippen molar-refractivity contribution in [3.63, 3.8) is 0 Å². The molecule has 7 nitrogen and oxygen atoms in total. The quantitative estimate of drug-likeness (QED) is 0.318. The van der Waals surface area contributed by atoms with Crippen molar-refractivity contribution in [2.45, 2.75) is 25.2 Å². The van der Waals surface area contributed by atoms with Crippen molar-refractivity contribution >= 4 is 76.2 Å². The van der Waals surface area contributed by atoms with Gasteiger partial charge in [0.25, 0.3) is 5.56 Å². The number of benzene rings is 1. The predicted octanol–water partition coefficient (Wildman–Crippen LogP) is -3.79. The van der Waals surface area contributed by atoms with E-state index in [1.54, 1.807) is 0 Å². The highest BCUT2D eigenvalue weighted by Crippen LogP contribution is 2.25. The van der Waals surface area contributed by atoms with E-state index in [1.807, 2.05) is 0 Å². The Morgan fingerprint density at radius 1 is 1.12 bits per heavy atom. The van der Waals surface area contributed by atoms with Crippen LogP contribution in [0.1, 0.15) is 18.3 Å². The number of hydrogen-bond acceptors (Lipinski definition) is 5. The summed E-state index contributed by atoms with van der Waals surface area (Å²) in [5, 5.41) is 2.10. The van der Waals surface area contributed by atoms with Gasteiger partial charge < -0.3 is 5.73 Å². The van der Waals surface area contributed by atoms with E-state index in [0.29, 0.717) is 0 Å². The van der Waals surface area contributed by atoms with Crippen molar-refractivity contribution in [3.8, 4) is 0 Å². The van der Waals surface area contributed by atoms with Gasteiger partial charge in [-0.2, -0.15) is 0 Å². The van der Waals surface area contributed by atoms with Crippen molar-refractivity contribution in [2.75, 3.05) is 5.73 Å². The maximum absolute atomic E-state index is 13.0. The molecule has 25 heavy (non-hydrogen) atoms. The molecule has 1 aliphatic heterocycles. The molecule has 2 amide bonds. The standard InChI is InChI=1S/C14H10B4N4O3/c1-3-20-11-6(10(19)8(17)7(16)9(11)18)14(25)22(3)5-2-4(15)12(23)21-13(5)24/h4-5H,2,19H2,1H3,(H,21,23,24). The van der Waals surface area contributed by atoms with Crippen LogP contribution in [0.15, 0.2) is 4.79 Å². The largest absolute Gasteiger partial charge is 0.399 e. The fourth-order valence-electron chi connectivity index (χ4n) is 2.97. The summed E-state index contributed by atoms with van der Waals surface area (Å²) in [6, 6.07) is -1.00. The maximum Gasteiger partial charge on any atom is 0.264 e. The third kappa shape index (κ3) is 2.49. The Kier molecular flexibility index (Phi) is 4.05. The van der Waals surface area contributed by atoms with E-state index in [9.17, 15) is 14.4 Å². The van der Waals surface area contributed by atoms with Crippen LogP contribution in [0.4, 0.5) is 5.69 Å². The van der Waals surface area contributed by atoms with Crippen LogP contribution in [0.3, 0.4) is 0 Å². The zero-order chi connectivity index (χ0) is 18.6. The van der Waals surface area contributed by atoms with Gasteiger partial charge in [0, 0.05) is 11.5 Å². The lowest BCUT2D eigenvalue weighted by molar-refractivity contribution is -0.135. The number of fused-ring (bicyclic) bond motifs is 1. The number of rotatable bonds is 1. The molecule has 1 aliphatic rings. The molecule has 0 aliphatic carbocycles. The first-order valence-corrected chi connectivity index (χ1v) is 7.40. The van der Waals surface area contributed by atoms with Gasteiger partial charge in [-0.25, -0.2) is 4.98 Å². The van der Waals surface area contributed by atoms with E-state index in [2.05, 4.69) is 10.3 Å². The molecule has 2 heterocycles. The average molecular weight is 326 g/mol. The highest BCUT2D eigenvalue weighted by molar-refractivity contribution is 6.61. The van der Waals surface area contributed by atoms with E-state index in [4.69, 9.17) is 37.1 Å². The fraction of sp³-hybridized carbons (Fsp3) is 0.286. The number of aromatic nitrogens is 2. The van der Waals surface area contributed by atoms with E-state index in [-0.39, 0.29) is 45.2 Å². The van der Waals surface area contributed by atoms with Crippen LogP contribution < -0.4 is 33.0 Å². The average Bonchev–Trinajstić information content (AvgIpc) is 2.55. The molecule has 116 valence electrons. The molecule has 0 saturated carbocycles. The molecule has 1 aromatic heterocycles. The normalized spacial score (nSPS) is 20.7. The van der Waals surface area contributed by atoms with Gasteiger partial charge in [-0.05, 0) is 13.3 Å². The summed E-state index contributed by atoms with van der Waals surface area (Å²) in [4.78, 5) is 41.0. The minimum absolute atomic E-state index is 0.0284. The second-order valence-corrected chi connectivity index (χ2v) is 5.92. The molecule has 0 spiro atoms. The van der Waals surface area contributed by atoms with Crippen LogP contribution in [0.5, 0.6) is 0 Å². The van der Waals surface area contributed by atoms with Crippen LogP contribution in [0.2, 0.25) is 5.82 Å². The van der Waals surface area contributed by atoms with E-state index < -0.39 is 29.2 Å². The molecule has 2 atom stereocenters. The Balaban J connectivity index is 2.33. The Bertz CT molecular complexity index is 1000. The Hall–Kier alpha value is -2.44. The monoisotopic (exact) mass is 326 g/mol. The number of carbonyl (C=O) groups is 2. The van der Waals surface area contributed by atoms with Crippen LogP contribution >= 0.6 is 0 Å². The van der Waals surface area contributed by atoms with Gasteiger partial charge in [-0.15, -0.1) is 5.46 Å². The lowest BCUT2D eigenvalue weighted by atomic mass is 9.70. The molecule has 11 heteroatoms. The number of aryl methyl sites for hydroxylation is 1. The van der Waals surface area contributed by atoms with Crippen molar-refractivity contribution in [2.24, 2.45) is 0 Å². The molecular formula is C14H10B4N4O3. The van der Waals surface area contributed by atoms with Gasteiger partial charge >= 0.3 is 0 Å². The molecule has 2 unspecified atom stereocenters. The van der Waals surface area contributed by atoms with Crippen LogP contribution in [0.25, 0.3) is 10.9 Å². The number of anilines is 1. The van der Waals surface area contributed by atoms with E-state index in [0.717, 1.165) is 4.57 Å². The van der Waals surface area contributed by atoms with Gasteiger partial charge in [0.1, 0.15) is 35.4 Å². The fourth-order valence-corrected chi connectivity index (χ4v) is 2.97. The lowest BCUT2D eigenvalue weighted by Crippen LogP contribution is -2.48. The number of carbonyl (C=O) groups excluding carboxylic acids is 2. The minimum Gasteiger partial charge on any atom is -0.399 e. The number of piperidine rings is 1. The number of nitrogens with zero attached hydrogens (tertiary/aromatic N) is 2. The van der Waals surface area contributed by atoms with Gasteiger partial charge in [-0.1, -0.05) is 10.9 Å². The topological polar surface area (TPSA) is 107 Å². The Labute approximate surface area is 148 Å². The highest BCUT2D eigenvalue weighted by atomic mass is 16.2. The van der Waals surface area contributed by atoms with Gasteiger partial charge in [-0.3, -0.25) is 24.3 Å². The number of nitrogen functional groups attached to an aromatic ring is 1. The first-order chi connectivity index (χ1) is 11.6. The van der Waals surface area contributed by atoms with Crippen LogP contribution in [0, 0.1) is 6.92 Å². The van der Waals surface area contributed by atoms with E-state index in [1.165, 1.54) is 6.92 Å². The Morgan fingerprint density at radius 3 is 2.40 bits per heavy atom. The summed E-state index contributed by atoms with van der Waals surface area (Å²) < 4.78 is 1.13. The highest BCUT2D eigenvalue weighted by Gasteiger charge is 2.34. The number of amides is 2. The Morgan fingerprint density at radius 2 is 1.76 bits per heavy atom. The first kappa shape index (κ1) is 17.4. The number of imide groups is 1. The molecule has 3 N–H and O–H groups in total. The van der Waals surface area contributed by atoms with Crippen LogP contribution in [-0.4, -0.2) is 52.8 Å². The lowest BCUT2D eigenvalue weighted by Gasteiger charge is -2.28. The second-order valence-electron chi connectivity index (χ2n) is 5.92. The molecule has 1 aromatic carbocycles. The summed E-state index contributed by atoms with van der Waals surface area (Å²) in [6.07, 6.45) is -0.0432. The van der Waals surface area contributed by atoms with Gasteiger partial charge in [0.05, 0.1) is 18.7 Å².